The van der Waals surface area contributed by atoms with Crippen molar-refractivity contribution in [3.05, 3.63) is 81.4 Å². The van der Waals surface area contributed by atoms with E-state index in [0.29, 0.717) is 26.3 Å². The van der Waals surface area contributed by atoms with Gasteiger partial charge in [0.2, 0.25) is 0 Å². The van der Waals surface area contributed by atoms with Gasteiger partial charge in [-0.3, -0.25) is 24.7 Å². The topological polar surface area (TPSA) is 88.0 Å². The van der Waals surface area contributed by atoms with Crippen LogP contribution < -0.4 is 5.32 Å². The van der Waals surface area contributed by atoms with Gasteiger partial charge in [0.05, 0.1) is 18.1 Å². The molecule has 0 unspecified atom stereocenters. The average molecular weight is 479 g/mol. The van der Waals surface area contributed by atoms with E-state index in [4.69, 9.17) is 4.74 Å². The molecule has 1 saturated heterocycles. The molecule has 1 fully saturated rings. The number of hydrogen-bond acceptors (Lipinski definition) is 6. The summed E-state index contributed by atoms with van der Waals surface area (Å²) >= 11 is 0. The highest BCUT2D eigenvalue weighted by atomic mass is 16.6. The predicted molar refractivity (Wildman–Crippen MR) is 136 cm³/mol. The number of carbonyl (C=O) groups is 1. The van der Waals surface area contributed by atoms with E-state index in [9.17, 15) is 14.9 Å². The zero-order chi connectivity index (χ0) is 24.5. The first-order valence-electron chi connectivity index (χ1n) is 12.4. The molecule has 2 aromatic rings. The lowest BCUT2D eigenvalue weighted by molar-refractivity contribution is -0.385. The minimum atomic E-state index is -0.467. The van der Waals surface area contributed by atoms with Gasteiger partial charge >= 0.3 is 0 Å². The number of amides is 1. The molecular weight excluding hydrogens is 444 g/mol. The van der Waals surface area contributed by atoms with Crippen molar-refractivity contribution >= 4 is 17.2 Å². The van der Waals surface area contributed by atoms with Gasteiger partial charge in [0.15, 0.2) is 0 Å². The number of nitro benzene ring substituents is 1. The van der Waals surface area contributed by atoms with Crippen molar-refractivity contribution in [1.29, 1.82) is 0 Å². The SMILES string of the molecule is O=C(NCCCCN1CC=C(c2ccccc2)CC1)c1ccc(CN2CCOCC2)cc1[N+](=O)[O-]. The zero-order valence-electron chi connectivity index (χ0n) is 20.2. The second-order valence-corrected chi connectivity index (χ2v) is 9.11. The molecule has 186 valence electrons. The van der Waals surface area contributed by atoms with Crippen molar-refractivity contribution in [1.82, 2.24) is 15.1 Å². The summed E-state index contributed by atoms with van der Waals surface area (Å²) in [7, 11) is 0. The van der Waals surface area contributed by atoms with Crippen LogP contribution in [0.2, 0.25) is 0 Å². The van der Waals surface area contributed by atoms with E-state index >= 15 is 0 Å². The summed E-state index contributed by atoms with van der Waals surface area (Å²) in [5, 5.41) is 14.5. The fraction of sp³-hybridized carbons (Fsp3) is 0.444. The summed E-state index contributed by atoms with van der Waals surface area (Å²) in [6.07, 6.45) is 5.16. The second kappa shape index (κ2) is 12.6. The smallest absolute Gasteiger partial charge is 0.282 e. The van der Waals surface area contributed by atoms with Crippen molar-refractivity contribution in [3.8, 4) is 0 Å². The highest BCUT2D eigenvalue weighted by molar-refractivity contribution is 5.98. The van der Waals surface area contributed by atoms with E-state index in [1.807, 2.05) is 12.1 Å². The summed E-state index contributed by atoms with van der Waals surface area (Å²) in [6, 6.07) is 15.4. The van der Waals surface area contributed by atoms with Crippen molar-refractivity contribution in [2.45, 2.75) is 25.8 Å². The van der Waals surface area contributed by atoms with Gasteiger partial charge in [-0.05, 0) is 48.6 Å². The molecule has 4 rings (SSSR count). The first-order chi connectivity index (χ1) is 17.1. The summed E-state index contributed by atoms with van der Waals surface area (Å²) in [5.41, 5.74) is 3.53. The third-order valence-corrected chi connectivity index (χ3v) is 6.64. The molecule has 2 aliphatic rings. The van der Waals surface area contributed by atoms with Gasteiger partial charge in [-0.2, -0.15) is 0 Å². The fourth-order valence-corrected chi connectivity index (χ4v) is 4.62. The first kappa shape index (κ1) is 25.0. The molecule has 0 aromatic heterocycles. The Bertz CT molecular complexity index is 1030. The summed E-state index contributed by atoms with van der Waals surface area (Å²) in [4.78, 5) is 28.4. The summed E-state index contributed by atoms with van der Waals surface area (Å²) < 4.78 is 5.35. The van der Waals surface area contributed by atoms with E-state index in [2.05, 4.69) is 45.5 Å². The van der Waals surface area contributed by atoms with Crippen LogP contribution in [0.15, 0.2) is 54.6 Å². The Balaban J connectivity index is 1.20. The van der Waals surface area contributed by atoms with Gasteiger partial charge in [-0.25, -0.2) is 0 Å². The Labute approximate surface area is 206 Å². The maximum absolute atomic E-state index is 12.6. The third-order valence-electron chi connectivity index (χ3n) is 6.64. The molecule has 8 nitrogen and oxygen atoms in total. The Hall–Kier alpha value is -3.07. The molecule has 0 spiro atoms. The molecule has 0 radical (unpaired) electrons. The van der Waals surface area contributed by atoms with E-state index < -0.39 is 4.92 Å². The van der Waals surface area contributed by atoms with Crippen molar-refractivity contribution < 1.29 is 14.5 Å². The van der Waals surface area contributed by atoms with Gasteiger partial charge in [0.1, 0.15) is 5.56 Å². The highest BCUT2D eigenvalue weighted by Crippen LogP contribution is 2.23. The maximum Gasteiger partial charge on any atom is 0.282 e. The summed E-state index contributed by atoms with van der Waals surface area (Å²) in [5.74, 6) is -0.386. The number of benzene rings is 2. The van der Waals surface area contributed by atoms with Crippen LogP contribution in [0.1, 0.15) is 40.7 Å². The van der Waals surface area contributed by atoms with Gasteiger partial charge < -0.3 is 10.1 Å². The third kappa shape index (κ3) is 7.21. The summed E-state index contributed by atoms with van der Waals surface area (Å²) in [6.45, 7) is 7.03. The van der Waals surface area contributed by atoms with Crippen LogP contribution >= 0.6 is 0 Å². The predicted octanol–water partition coefficient (Wildman–Crippen LogP) is 3.73. The van der Waals surface area contributed by atoms with Crippen molar-refractivity contribution in [2.24, 2.45) is 0 Å². The molecular formula is C27H34N4O4. The largest absolute Gasteiger partial charge is 0.379 e. The van der Waals surface area contributed by atoms with Gasteiger partial charge in [-0.1, -0.05) is 42.5 Å². The molecule has 0 bridgehead atoms. The molecule has 0 aliphatic carbocycles. The van der Waals surface area contributed by atoms with Crippen LogP contribution in [0.3, 0.4) is 0 Å². The van der Waals surface area contributed by atoms with E-state index in [1.165, 1.54) is 17.2 Å². The molecule has 1 amide bonds. The molecule has 0 atom stereocenters. The normalized spacial score (nSPS) is 17.1. The number of nitro groups is 1. The monoisotopic (exact) mass is 478 g/mol. The van der Waals surface area contributed by atoms with Gasteiger partial charge in [0.25, 0.3) is 11.6 Å². The lowest BCUT2D eigenvalue weighted by Crippen LogP contribution is -2.35. The lowest BCUT2D eigenvalue weighted by Gasteiger charge is -2.26. The Morgan fingerprint density at radius 3 is 2.54 bits per heavy atom. The van der Waals surface area contributed by atoms with Crippen LogP contribution in [-0.2, 0) is 11.3 Å². The molecule has 2 heterocycles. The van der Waals surface area contributed by atoms with Crippen LogP contribution in [0.5, 0.6) is 0 Å². The fourth-order valence-electron chi connectivity index (χ4n) is 4.62. The quantitative estimate of drug-likeness (QED) is 0.318. The van der Waals surface area contributed by atoms with Crippen LogP contribution in [0.25, 0.3) is 5.57 Å². The van der Waals surface area contributed by atoms with E-state index in [-0.39, 0.29) is 17.2 Å². The molecule has 0 saturated carbocycles. The molecule has 2 aromatic carbocycles. The average Bonchev–Trinajstić information content (AvgIpc) is 2.90. The van der Waals surface area contributed by atoms with E-state index in [1.54, 1.807) is 6.07 Å². The van der Waals surface area contributed by atoms with Crippen LogP contribution in [0.4, 0.5) is 5.69 Å². The number of unbranched alkanes of at least 4 members (excludes halogenated alkanes) is 1. The van der Waals surface area contributed by atoms with Crippen molar-refractivity contribution in [3.63, 3.8) is 0 Å². The zero-order valence-corrected chi connectivity index (χ0v) is 20.2. The minimum Gasteiger partial charge on any atom is -0.379 e. The molecule has 35 heavy (non-hydrogen) atoms. The van der Waals surface area contributed by atoms with Gasteiger partial charge in [0, 0.05) is 45.3 Å². The first-order valence-corrected chi connectivity index (χ1v) is 12.4. The minimum absolute atomic E-state index is 0.121. The lowest BCUT2D eigenvalue weighted by atomic mass is 9.99. The number of rotatable bonds is 10. The number of morpholine rings is 1. The molecule has 1 N–H and O–H groups in total. The number of nitrogens with one attached hydrogen (secondary N) is 1. The Morgan fingerprint density at radius 1 is 1.03 bits per heavy atom. The van der Waals surface area contributed by atoms with Crippen LogP contribution in [-0.4, -0.2) is 73.1 Å². The number of hydrogen-bond donors (Lipinski definition) is 1. The maximum atomic E-state index is 12.6. The standard InChI is InChI=1S/C27H34N4O4/c32-27(25-9-8-22(20-26(25)31(33)34)21-30-16-18-35-19-17-30)28-12-4-5-13-29-14-10-24(11-15-29)23-6-2-1-3-7-23/h1-3,6-10,20H,4-5,11-19,21H2,(H,28,32). The Kier molecular flexibility index (Phi) is 9.00. The number of ether oxygens (including phenoxy) is 1. The van der Waals surface area contributed by atoms with Gasteiger partial charge in [-0.15, -0.1) is 0 Å². The van der Waals surface area contributed by atoms with E-state index in [0.717, 1.165) is 57.5 Å². The second-order valence-electron chi connectivity index (χ2n) is 9.11. The molecule has 2 aliphatic heterocycles. The number of nitrogens with zero attached hydrogens (tertiary/aromatic N) is 3. The van der Waals surface area contributed by atoms with Crippen molar-refractivity contribution in [2.75, 3.05) is 52.5 Å². The number of carbonyl (C=O) groups excluding carboxylic acids is 1. The van der Waals surface area contributed by atoms with Crippen LogP contribution in [0, 0.1) is 10.1 Å². The molecule has 8 heteroatoms. The Morgan fingerprint density at radius 2 is 1.83 bits per heavy atom. The highest BCUT2D eigenvalue weighted by Gasteiger charge is 2.21.